The Labute approximate surface area is 488 Å². The van der Waals surface area contributed by atoms with E-state index in [0.717, 1.165) is 128 Å². The van der Waals surface area contributed by atoms with Crippen molar-refractivity contribution >= 4 is 17.9 Å². The van der Waals surface area contributed by atoms with Crippen molar-refractivity contribution in [2.75, 3.05) is 13.2 Å². The summed E-state index contributed by atoms with van der Waals surface area (Å²) < 4.78 is 16.8. The Morgan fingerprint density at radius 2 is 0.494 bits per heavy atom. The molecule has 0 spiro atoms. The van der Waals surface area contributed by atoms with E-state index in [4.69, 9.17) is 14.2 Å². The van der Waals surface area contributed by atoms with Gasteiger partial charge in [-0.3, -0.25) is 14.4 Å². The van der Waals surface area contributed by atoms with Crippen molar-refractivity contribution in [1.29, 1.82) is 0 Å². The monoisotopic (exact) mass is 1090 g/mol. The molecule has 0 saturated heterocycles. The zero-order chi connectivity index (χ0) is 57.1. The quantitative estimate of drug-likeness (QED) is 0.0261. The SMILES string of the molecule is CC/C=C\C/C=C\C/C=C\C/C=C\C/C=C\C/C=C\C/C=C\CCCCCCCCCCCC(=O)OCC(COC(=O)CCCCCCC)OC(=O)CCCCCCCCCCCC/C=C\C/C=C\C/C=C\CCCCCCC. The molecule has 0 aliphatic heterocycles. The number of carbonyl (C=O) groups is 3. The molecule has 0 heterocycles. The van der Waals surface area contributed by atoms with E-state index in [9.17, 15) is 14.4 Å². The molecule has 0 amide bonds. The Hall–Kier alpha value is -4.19. The van der Waals surface area contributed by atoms with Crippen LogP contribution in [0.5, 0.6) is 0 Å². The van der Waals surface area contributed by atoms with Crippen molar-refractivity contribution in [3.8, 4) is 0 Å². The number of allylic oxidation sites excluding steroid dienone is 20. The lowest BCUT2D eigenvalue weighted by Gasteiger charge is -2.18. The first-order valence-electron chi connectivity index (χ1n) is 33.0. The number of rotatable bonds is 59. The van der Waals surface area contributed by atoms with Crippen LogP contribution in [0.15, 0.2) is 122 Å². The van der Waals surface area contributed by atoms with Crippen LogP contribution in [0.25, 0.3) is 0 Å². The standard InChI is InChI=1S/C73H122O6/c1-4-7-10-13-15-17-19-21-23-25-27-29-31-33-34-35-36-37-38-40-41-43-45-47-49-51-53-55-57-60-63-66-72(75)78-69-70(68-77-71(74)65-62-59-12-9-6-3)79-73(76)67-64-61-58-56-54-52-50-48-46-44-42-39-32-30-28-26-24-22-20-18-16-14-11-8-5-2/h7,10,15,17,20-23,26-29,32-34,36-37,39-41,70H,4-6,8-9,11-14,16,18-19,24-25,30-31,35,38,42-69H2,1-3H3/b10-7-,17-15-,22-20-,23-21-,28-26-,29-27-,34-33-,37-36-,39-32-,41-40-. The normalized spacial score (nSPS) is 12.9. The van der Waals surface area contributed by atoms with Crippen molar-refractivity contribution in [2.24, 2.45) is 0 Å². The molecule has 0 radical (unpaired) electrons. The molecule has 0 N–H and O–H groups in total. The van der Waals surface area contributed by atoms with E-state index in [-0.39, 0.29) is 31.1 Å². The first-order valence-corrected chi connectivity index (χ1v) is 33.0. The van der Waals surface area contributed by atoms with Gasteiger partial charge in [-0.25, -0.2) is 0 Å². The second kappa shape index (κ2) is 66.3. The van der Waals surface area contributed by atoms with Crippen molar-refractivity contribution in [3.63, 3.8) is 0 Å². The predicted octanol–water partition coefficient (Wildman–Crippen LogP) is 22.8. The molecule has 0 fully saturated rings. The average Bonchev–Trinajstić information content (AvgIpc) is 3.45. The van der Waals surface area contributed by atoms with Gasteiger partial charge in [0.25, 0.3) is 0 Å². The summed E-state index contributed by atoms with van der Waals surface area (Å²) in [7, 11) is 0. The molecular weight excluding hydrogens is 973 g/mol. The number of hydrogen-bond donors (Lipinski definition) is 0. The van der Waals surface area contributed by atoms with Crippen molar-refractivity contribution in [1.82, 2.24) is 0 Å². The third-order valence-electron chi connectivity index (χ3n) is 14.0. The zero-order valence-corrected chi connectivity index (χ0v) is 51.6. The van der Waals surface area contributed by atoms with Crippen molar-refractivity contribution < 1.29 is 28.6 Å². The summed E-state index contributed by atoms with van der Waals surface area (Å²) in [6.07, 6.45) is 92.6. The number of esters is 3. The molecule has 0 aromatic rings. The molecule has 0 aromatic heterocycles. The maximum atomic E-state index is 12.8. The van der Waals surface area contributed by atoms with Crippen LogP contribution in [-0.2, 0) is 28.6 Å². The molecule has 0 saturated carbocycles. The molecule has 0 aliphatic carbocycles. The number of ether oxygens (including phenoxy) is 3. The summed E-state index contributed by atoms with van der Waals surface area (Å²) in [4.78, 5) is 38.0. The Bertz CT molecular complexity index is 1640. The highest BCUT2D eigenvalue weighted by Crippen LogP contribution is 2.16. The Kier molecular flexibility index (Phi) is 62.8. The van der Waals surface area contributed by atoms with Crippen LogP contribution < -0.4 is 0 Å². The first kappa shape index (κ1) is 74.8. The molecule has 6 nitrogen and oxygen atoms in total. The Morgan fingerprint density at radius 3 is 0.772 bits per heavy atom. The number of carbonyl (C=O) groups excluding carboxylic acids is 3. The lowest BCUT2D eigenvalue weighted by molar-refractivity contribution is -0.167. The second-order valence-corrected chi connectivity index (χ2v) is 21.6. The van der Waals surface area contributed by atoms with Crippen molar-refractivity contribution in [2.45, 2.75) is 309 Å². The van der Waals surface area contributed by atoms with Crippen LogP contribution in [0.1, 0.15) is 303 Å². The highest BCUT2D eigenvalue weighted by atomic mass is 16.6. The van der Waals surface area contributed by atoms with E-state index in [2.05, 4.69) is 142 Å². The highest BCUT2D eigenvalue weighted by Gasteiger charge is 2.19. The van der Waals surface area contributed by atoms with Gasteiger partial charge in [-0.1, -0.05) is 290 Å². The van der Waals surface area contributed by atoms with Gasteiger partial charge in [0.1, 0.15) is 13.2 Å². The fraction of sp³-hybridized carbons (Fsp3) is 0.685. The summed E-state index contributed by atoms with van der Waals surface area (Å²) in [6.45, 7) is 6.44. The van der Waals surface area contributed by atoms with E-state index < -0.39 is 6.10 Å². The zero-order valence-electron chi connectivity index (χ0n) is 51.6. The third-order valence-corrected chi connectivity index (χ3v) is 14.0. The summed E-state index contributed by atoms with van der Waals surface area (Å²) in [5, 5.41) is 0. The summed E-state index contributed by atoms with van der Waals surface area (Å²) in [6, 6.07) is 0. The number of unbranched alkanes of at least 4 members (excludes halogenated alkanes) is 28. The summed E-state index contributed by atoms with van der Waals surface area (Å²) in [5.41, 5.74) is 0. The minimum Gasteiger partial charge on any atom is -0.462 e. The van der Waals surface area contributed by atoms with Crippen LogP contribution in [0.4, 0.5) is 0 Å². The van der Waals surface area contributed by atoms with E-state index in [0.29, 0.717) is 19.3 Å². The molecule has 0 aliphatic rings. The van der Waals surface area contributed by atoms with Crippen molar-refractivity contribution in [3.05, 3.63) is 122 Å². The molecule has 0 aromatic carbocycles. The average molecular weight is 1100 g/mol. The van der Waals surface area contributed by atoms with Crippen LogP contribution in [0.2, 0.25) is 0 Å². The van der Waals surface area contributed by atoms with Crippen LogP contribution in [-0.4, -0.2) is 37.2 Å². The maximum absolute atomic E-state index is 12.8. The fourth-order valence-corrected chi connectivity index (χ4v) is 9.02. The topological polar surface area (TPSA) is 78.9 Å². The molecular formula is C73H122O6. The van der Waals surface area contributed by atoms with Gasteiger partial charge in [-0.2, -0.15) is 0 Å². The second-order valence-electron chi connectivity index (χ2n) is 21.6. The van der Waals surface area contributed by atoms with Crippen LogP contribution >= 0.6 is 0 Å². The van der Waals surface area contributed by atoms with Gasteiger partial charge >= 0.3 is 17.9 Å². The summed E-state index contributed by atoms with van der Waals surface area (Å²) >= 11 is 0. The minimum absolute atomic E-state index is 0.0828. The third kappa shape index (κ3) is 64.5. The van der Waals surface area contributed by atoms with Gasteiger partial charge in [0.15, 0.2) is 6.10 Å². The molecule has 450 valence electrons. The van der Waals surface area contributed by atoms with Gasteiger partial charge in [0.2, 0.25) is 0 Å². The van der Waals surface area contributed by atoms with Crippen LogP contribution in [0, 0.1) is 0 Å². The molecule has 6 heteroatoms. The van der Waals surface area contributed by atoms with E-state index in [1.807, 2.05) is 0 Å². The molecule has 1 unspecified atom stereocenters. The number of hydrogen-bond acceptors (Lipinski definition) is 6. The lowest BCUT2D eigenvalue weighted by atomic mass is 10.0. The fourth-order valence-electron chi connectivity index (χ4n) is 9.02. The highest BCUT2D eigenvalue weighted by molar-refractivity contribution is 5.71. The molecule has 0 rings (SSSR count). The van der Waals surface area contributed by atoms with E-state index in [1.165, 1.54) is 135 Å². The first-order chi connectivity index (χ1) is 39.0. The lowest BCUT2D eigenvalue weighted by Crippen LogP contribution is -2.30. The van der Waals surface area contributed by atoms with Gasteiger partial charge < -0.3 is 14.2 Å². The van der Waals surface area contributed by atoms with Gasteiger partial charge in [-0.15, -0.1) is 0 Å². The van der Waals surface area contributed by atoms with Gasteiger partial charge in [0.05, 0.1) is 0 Å². The van der Waals surface area contributed by atoms with E-state index in [1.54, 1.807) is 0 Å². The maximum Gasteiger partial charge on any atom is 0.306 e. The predicted molar refractivity (Wildman–Crippen MR) is 343 cm³/mol. The molecule has 1 atom stereocenters. The Balaban J connectivity index is 4.08. The largest absolute Gasteiger partial charge is 0.462 e. The van der Waals surface area contributed by atoms with Gasteiger partial charge in [0, 0.05) is 19.3 Å². The molecule has 79 heavy (non-hydrogen) atoms. The van der Waals surface area contributed by atoms with E-state index >= 15 is 0 Å². The van der Waals surface area contributed by atoms with Crippen LogP contribution in [0.3, 0.4) is 0 Å². The molecule has 0 bridgehead atoms. The summed E-state index contributed by atoms with van der Waals surface area (Å²) in [5.74, 6) is -0.903. The Morgan fingerprint density at radius 1 is 0.266 bits per heavy atom. The van der Waals surface area contributed by atoms with Gasteiger partial charge in [-0.05, 0) is 116 Å². The smallest absolute Gasteiger partial charge is 0.306 e. The minimum atomic E-state index is -0.782.